The highest BCUT2D eigenvalue weighted by Gasteiger charge is 2.14. The van der Waals surface area contributed by atoms with Crippen LogP contribution in [0.25, 0.3) is 10.2 Å². The van der Waals surface area contributed by atoms with Gasteiger partial charge in [0.05, 0.1) is 11.9 Å². The zero-order valence-electron chi connectivity index (χ0n) is 11.9. The molecular weight excluding hydrogens is 258 g/mol. The number of nitrogen functional groups attached to an aromatic ring is 1. The molecule has 0 saturated carbocycles. The summed E-state index contributed by atoms with van der Waals surface area (Å²) in [6, 6.07) is 0. The Morgan fingerprint density at radius 2 is 1.89 bits per heavy atom. The largest absolute Gasteiger partial charge is 0.308 e. The standard InChI is InChI=1S/C13H21N5S/c1-5-18(6-2)7-10-15-12(17-14)11-8(3)9(4)19-13(11)16-10/h5-7,14H2,1-4H3,(H,15,16,17). The zero-order chi connectivity index (χ0) is 14.0. The van der Waals surface area contributed by atoms with E-state index in [1.54, 1.807) is 11.3 Å². The molecule has 5 nitrogen and oxygen atoms in total. The number of nitrogens with two attached hydrogens (primary N) is 1. The van der Waals surface area contributed by atoms with Gasteiger partial charge in [0.15, 0.2) is 5.82 Å². The smallest absolute Gasteiger partial charge is 0.152 e. The van der Waals surface area contributed by atoms with Gasteiger partial charge in [0.1, 0.15) is 10.7 Å². The van der Waals surface area contributed by atoms with E-state index in [4.69, 9.17) is 5.84 Å². The molecule has 2 aromatic rings. The average molecular weight is 279 g/mol. The minimum atomic E-state index is 0.731. The lowest BCUT2D eigenvalue weighted by molar-refractivity contribution is 0.289. The van der Waals surface area contributed by atoms with Crippen molar-refractivity contribution in [1.82, 2.24) is 14.9 Å². The maximum Gasteiger partial charge on any atom is 0.152 e. The molecule has 3 N–H and O–H groups in total. The van der Waals surface area contributed by atoms with Crippen LogP contribution in [0.5, 0.6) is 0 Å². The van der Waals surface area contributed by atoms with Crippen LogP contribution in [0.4, 0.5) is 5.82 Å². The van der Waals surface area contributed by atoms with Gasteiger partial charge in [0.2, 0.25) is 0 Å². The van der Waals surface area contributed by atoms with Crippen LogP contribution in [0.15, 0.2) is 0 Å². The highest BCUT2D eigenvalue weighted by atomic mass is 32.1. The molecule has 0 amide bonds. The van der Waals surface area contributed by atoms with Crippen LogP contribution in [0.1, 0.15) is 30.1 Å². The van der Waals surface area contributed by atoms with Crippen LogP contribution >= 0.6 is 11.3 Å². The van der Waals surface area contributed by atoms with E-state index in [0.717, 1.165) is 41.5 Å². The van der Waals surface area contributed by atoms with E-state index in [-0.39, 0.29) is 0 Å². The number of thiophene rings is 1. The van der Waals surface area contributed by atoms with Gasteiger partial charge >= 0.3 is 0 Å². The molecule has 104 valence electrons. The SMILES string of the molecule is CCN(CC)Cc1nc(NN)c2c(C)c(C)sc2n1. The molecule has 0 aliphatic carbocycles. The maximum absolute atomic E-state index is 5.61. The summed E-state index contributed by atoms with van der Waals surface area (Å²) >= 11 is 1.70. The number of nitrogens with zero attached hydrogens (tertiary/aromatic N) is 3. The minimum Gasteiger partial charge on any atom is -0.308 e. The number of hydrogen-bond acceptors (Lipinski definition) is 6. The second kappa shape index (κ2) is 5.81. The summed E-state index contributed by atoms with van der Waals surface area (Å²) in [5, 5.41) is 1.05. The molecule has 0 atom stereocenters. The molecule has 0 bridgehead atoms. The summed E-state index contributed by atoms with van der Waals surface area (Å²) in [6.45, 7) is 11.2. The number of hydrogen-bond donors (Lipinski definition) is 2. The van der Waals surface area contributed by atoms with Gasteiger partial charge in [-0.1, -0.05) is 13.8 Å². The lowest BCUT2D eigenvalue weighted by atomic mass is 10.2. The second-order valence-corrected chi connectivity index (χ2v) is 5.76. The molecule has 19 heavy (non-hydrogen) atoms. The quantitative estimate of drug-likeness (QED) is 0.650. The summed E-state index contributed by atoms with van der Waals surface area (Å²) in [7, 11) is 0. The van der Waals surface area contributed by atoms with Crippen LogP contribution in [0.2, 0.25) is 0 Å². The highest BCUT2D eigenvalue weighted by Crippen LogP contribution is 2.32. The fourth-order valence-electron chi connectivity index (χ4n) is 2.12. The fourth-order valence-corrected chi connectivity index (χ4v) is 3.16. The Hall–Kier alpha value is -1.24. The summed E-state index contributed by atoms with van der Waals surface area (Å²) in [6.07, 6.45) is 0. The van der Waals surface area contributed by atoms with Crippen molar-refractivity contribution in [2.75, 3.05) is 18.5 Å². The first-order valence-corrected chi connectivity index (χ1v) is 7.37. The Balaban J connectivity index is 2.47. The number of nitrogens with one attached hydrogen (secondary N) is 1. The van der Waals surface area contributed by atoms with Crippen molar-refractivity contribution in [2.24, 2.45) is 5.84 Å². The second-order valence-electron chi connectivity index (χ2n) is 4.56. The van der Waals surface area contributed by atoms with Crippen molar-refractivity contribution in [3.8, 4) is 0 Å². The summed E-state index contributed by atoms with van der Waals surface area (Å²) in [4.78, 5) is 13.8. The molecule has 0 fully saturated rings. The lowest BCUT2D eigenvalue weighted by Crippen LogP contribution is -2.24. The number of anilines is 1. The van der Waals surface area contributed by atoms with Crippen molar-refractivity contribution in [3.05, 3.63) is 16.3 Å². The molecule has 0 aromatic carbocycles. The van der Waals surface area contributed by atoms with Gasteiger partial charge in [-0.15, -0.1) is 11.3 Å². The molecule has 2 aromatic heterocycles. The van der Waals surface area contributed by atoms with Crippen molar-refractivity contribution in [2.45, 2.75) is 34.2 Å². The number of hydrazine groups is 1. The Bertz CT molecular complexity index is 574. The highest BCUT2D eigenvalue weighted by molar-refractivity contribution is 7.18. The van der Waals surface area contributed by atoms with Crippen LogP contribution in [-0.2, 0) is 6.54 Å². The topological polar surface area (TPSA) is 67.1 Å². The van der Waals surface area contributed by atoms with Gasteiger partial charge in [-0.05, 0) is 32.5 Å². The van der Waals surface area contributed by atoms with E-state index in [2.05, 4.69) is 48.0 Å². The lowest BCUT2D eigenvalue weighted by Gasteiger charge is -2.17. The molecule has 0 aliphatic rings. The molecule has 0 spiro atoms. The van der Waals surface area contributed by atoms with Crippen LogP contribution in [0.3, 0.4) is 0 Å². The van der Waals surface area contributed by atoms with E-state index in [1.807, 2.05) is 0 Å². The van der Waals surface area contributed by atoms with E-state index in [0.29, 0.717) is 0 Å². The molecule has 0 aliphatic heterocycles. The number of fused-ring (bicyclic) bond motifs is 1. The Morgan fingerprint density at radius 1 is 1.21 bits per heavy atom. The molecule has 2 heterocycles. The van der Waals surface area contributed by atoms with Gasteiger partial charge in [-0.3, -0.25) is 4.90 Å². The molecule has 0 saturated heterocycles. The number of aryl methyl sites for hydroxylation is 2. The average Bonchev–Trinajstić information content (AvgIpc) is 2.70. The third-order valence-electron chi connectivity index (χ3n) is 3.47. The molecular formula is C13H21N5S. The van der Waals surface area contributed by atoms with Gasteiger partial charge in [-0.25, -0.2) is 15.8 Å². The van der Waals surface area contributed by atoms with Crippen LogP contribution < -0.4 is 11.3 Å². The molecule has 0 unspecified atom stereocenters. The Morgan fingerprint density at radius 3 is 2.47 bits per heavy atom. The zero-order valence-corrected chi connectivity index (χ0v) is 12.8. The summed E-state index contributed by atoms with van der Waals surface area (Å²) < 4.78 is 0. The van der Waals surface area contributed by atoms with Crippen molar-refractivity contribution >= 4 is 27.4 Å². The predicted molar refractivity (Wildman–Crippen MR) is 81.3 cm³/mol. The first kappa shape index (κ1) is 14.2. The molecule has 0 radical (unpaired) electrons. The van der Waals surface area contributed by atoms with E-state index in [1.165, 1.54) is 10.4 Å². The Labute approximate surface area is 117 Å². The normalized spacial score (nSPS) is 11.5. The van der Waals surface area contributed by atoms with Gasteiger partial charge in [-0.2, -0.15) is 0 Å². The predicted octanol–water partition coefficient (Wildman–Crippen LogP) is 2.44. The third-order valence-corrected chi connectivity index (χ3v) is 4.57. The van der Waals surface area contributed by atoms with Crippen molar-refractivity contribution < 1.29 is 0 Å². The van der Waals surface area contributed by atoms with Crippen LogP contribution in [0, 0.1) is 13.8 Å². The fraction of sp³-hybridized carbons (Fsp3) is 0.538. The number of rotatable bonds is 5. The monoisotopic (exact) mass is 279 g/mol. The molecule has 2 rings (SSSR count). The first-order chi connectivity index (χ1) is 9.10. The van der Waals surface area contributed by atoms with E-state index in [9.17, 15) is 0 Å². The van der Waals surface area contributed by atoms with Gasteiger partial charge < -0.3 is 5.43 Å². The minimum absolute atomic E-state index is 0.731. The summed E-state index contributed by atoms with van der Waals surface area (Å²) in [5.74, 6) is 7.16. The Kier molecular flexibility index (Phi) is 4.34. The maximum atomic E-state index is 5.61. The third kappa shape index (κ3) is 2.70. The van der Waals surface area contributed by atoms with Gasteiger partial charge in [0, 0.05) is 4.88 Å². The van der Waals surface area contributed by atoms with E-state index < -0.39 is 0 Å². The van der Waals surface area contributed by atoms with Crippen LogP contribution in [-0.4, -0.2) is 28.0 Å². The van der Waals surface area contributed by atoms with Gasteiger partial charge in [0.25, 0.3) is 0 Å². The summed E-state index contributed by atoms with van der Waals surface area (Å²) in [5.41, 5.74) is 3.92. The van der Waals surface area contributed by atoms with Crippen molar-refractivity contribution in [3.63, 3.8) is 0 Å². The van der Waals surface area contributed by atoms with Crippen molar-refractivity contribution in [1.29, 1.82) is 0 Å². The number of aromatic nitrogens is 2. The molecule has 6 heteroatoms. The first-order valence-electron chi connectivity index (χ1n) is 6.56. The van der Waals surface area contributed by atoms with E-state index >= 15 is 0 Å².